The Balaban J connectivity index is 2.33. The van der Waals surface area contributed by atoms with Crippen LogP contribution in [0.4, 0.5) is 13.2 Å². The Morgan fingerprint density at radius 2 is 1.86 bits per heavy atom. The predicted octanol–water partition coefficient (Wildman–Crippen LogP) is 4.09. The zero-order valence-corrected chi connectivity index (χ0v) is 11.4. The average Bonchev–Trinajstić information content (AvgIpc) is 2.44. The second-order valence-electron chi connectivity index (χ2n) is 4.12. The Bertz CT molecular complexity index is 644. The van der Waals surface area contributed by atoms with Gasteiger partial charge in [0.25, 0.3) is 0 Å². The Morgan fingerprint density at radius 1 is 1.19 bits per heavy atom. The van der Waals surface area contributed by atoms with E-state index in [1.165, 1.54) is 0 Å². The molecule has 21 heavy (non-hydrogen) atoms. The largest absolute Gasteiger partial charge is 0.478 e. The summed E-state index contributed by atoms with van der Waals surface area (Å²) in [7, 11) is 0. The number of rotatable bonds is 4. The van der Waals surface area contributed by atoms with Crippen molar-refractivity contribution < 1.29 is 23.1 Å². The van der Waals surface area contributed by atoms with Crippen LogP contribution in [0, 0.1) is 0 Å². The molecule has 0 aliphatic carbocycles. The zero-order chi connectivity index (χ0) is 15.5. The average molecular weight is 313 g/mol. The van der Waals surface area contributed by atoms with Gasteiger partial charge in [-0.3, -0.25) is 0 Å². The first-order valence-electron chi connectivity index (χ1n) is 5.86. The van der Waals surface area contributed by atoms with Gasteiger partial charge in [0.2, 0.25) is 0 Å². The van der Waals surface area contributed by atoms with E-state index in [0.29, 0.717) is 11.8 Å². The monoisotopic (exact) mass is 313 g/mol. The lowest BCUT2D eigenvalue weighted by Gasteiger charge is -2.12. The summed E-state index contributed by atoms with van der Waals surface area (Å²) in [5.41, 5.74) is -1.11. The minimum absolute atomic E-state index is 0.138. The molecule has 0 atom stereocenters. The quantitative estimate of drug-likeness (QED) is 0.864. The van der Waals surface area contributed by atoms with Crippen molar-refractivity contribution in [2.75, 3.05) is 0 Å². The summed E-state index contributed by atoms with van der Waals surface area (Å²) >= 11 is 0.967. The molecule has 0 bridgehead atoms. The van der Waals surface area contributed by atoms with Crippen molar-refractivity contribution in [2.45, 2.75) is 17.0 Å². The van der Waals surface area contributed by atoms with Crippen LogP contribution in [0.2, 0.25) is 0 Å². The van der Waals surface area contributed by atoms with E-state index >= 15 is 0 Å². The number of benzene rings is 1. The minimum atomic E-state index is -4.72. The molecule has 0 radical (unpaired) electrons. The van der Waals surface area contributed by atoms with Crippen LogP contribution in [0.3, 0.4) is 0 Å². The van der Waals surface area contributed by atoms with Crippen LogP contribution >= 0.6 is 11.8 Å². The van der Waals surface area contributed by atoms with E-state index in [0.717, 1.165) is 23.5 Å². The summed E-state index contributed by atoms with van der Waals surface area (Å²) in [6.07, 6.45) is -3.75. The fourth-order valence-corrected chi connectivity index (χ4v) is 2.69. The van der Waals surface area contributed by atoms with Gasteiger partial charge in [-0.05, 0) is 11.6 Å². The first-order chi connectivity index (χ1) is 9.89. The van der Waals surface area contributed by atoms with Crippen LogP contribution in [-0.4, -0.2) is 16.1 Å². The van der Waals surface area contributed by atoms with Crippen LogP contribution in [0.25, 0.3) is 0 Å². The molecule has 0 amide bonds. The molecule has 1 aromatic heterocycles. The van der Waals surface area contributed by atoms with Crippen LogP contribution in [0.1, 0.15) is 21.5 Å². The molecule has 1 N–H and O–H groups in total. The van der Waals surface area contributed by atoms with Gasteiger partial charge in [-0.2, -0.15) is 13.2 Å². The molecule has 3 nitrogen and oxygen atoms in total. The van der Waals surface area contributed by atoms with Crippen molar-refractivity contribution in [1.29, 1.82) is 0 Å². The maximum Gasteiger partial charge on any atom is 0.417 e. The van der Waals surface area contributed by atoms with Crippen LogP contribution in [0.15, 0.2) is 47.6 Å². The molecule has 1 aromatic carbocycles. The Labute approximate surface area is 122 Å². The first kappa shape index (κ1) is 15.4. The highest BCUT2D eigenvalue weighted by molar-refractivity contribution is 7.98. The number of hydrogen-bond donors (Lipinski definition) is 1. The number of aromatic carboxylic acids is 1. The van der Waals surface area contributed by atoms with E-state index in [1.54, 1.807) is 24.3 Å². The third-order valence-electron chi connectivity index (χ3n) is 2.65. The molecule has 0 saturated carbocycles. The number of alkyl halides is 3. The number of carboxylic acids is 1. The standard InChI is InChI=1S/C14H10F3NO2S/c15-14(16,17)10-6-7-18-12(11(10)13(19)20)21-8-9-4-2-1-3-5-9/h1-7H,8H2,(H,19,20). The maximum atomic E-state index is 12.9. The molecule has 110 valence electrons. The molecule has 1 heterocycles. The number of halogens is 3. The third-order valence-corrected chi connectivity index (χ3v) is 3.71. The number of hydrogen-bond acceptors (Lipinski definition) is 3. The first-order valence-corrected chi connectivity index (χ1v) is 6.84. The summed E-state index contributed by atoms with van der Waals surface area (Å²) in [5, 5.41) is 8.92. The lowest BCUT2D eigenvalue weighted by atomic mass is 10.1. The van der Waals surface area contributed by atoms with Crippen molar-refractivity contribution in [3.63, 3.8) is 0 Å². The minimum Gasteiger partial charge on any atom is -0.478 e. The van der Waals surface area contributed by atoms with Gasteiger partial charge in [0.1, 0.15) is 10.6 Å². The van der Waals surface area contributed by atoms with E-state index in [4.69, 9.17) is 5.11 Å². The molecule has 0 aliphatic rings. The SMILES string of the molecule is O=C(O)c1c(C(F)(F)F)ccnc1SCc1ccccc1. The zero-order valence-electron chi connectivity index (χ0n) is 10.6. The Hall–Kier alpha value is -2.02. The Morgan fingerprint density at radius 3 is 2.43 bits per heavy atom. The summed E-state index contributed by atoms with van der Waals surface area (Å²) in [4.78, 5) is 14.9. The molecule has 0 spiro atoms. The van der Waals surface area contributed by atoms with Crippen molar-refractivity contribution >= 4 is 17.7 Å². The summed E-state index contributed by atoms with van der Waals surface area (Å²) in [6, 6.07) is 9.71. The van der Waals surface area contributed by atoms with Gasteiger partial charge < -0.3 is 5.11 Å². The molecule has 0 saturated heterocycles. The molecule has 2 aromatic rings. The van der Waals surface area contributed by atoms with Gasteiger partial charge in [-0.1, -0.05) is 30.3 Å². The summed E-state index contributed by atoms with van der Waals surface area (Å²) in [5.74, 6) is -1.29. The summed E-state index contributed by atoms with van der Waals surface area (Å²) < 4.78 is 38.6. The number of carboxylic acid groups (broad SMARTS) is 1. The van der Waals surface area contributed by atoms with Crippen LogP contribution in [0.5, 0.6) is 0 Å². The highest BCUT2D eigenvalue weighted by Crippen LogP contribution is 2.36. The molecular formula is C14H10F3NO2S. The van der Waals surface area contributed by atoms with E-state index in [9.17, 15) is 18.0 Å². The molecule has 0 fully saturated rings. The summed E-state index contributed by atoms with van der Waals surface area (Å²) in [6.45, 7) is 0. The fourth-order valence-electron chi connectivity index (χ4n) is 1.72. The Kier molecular flexibility index (Phi) is 4.52. The lowest BCUT2D eigenvalue weighted by Crippen LogP contribution is -2.14. The number of nitrogens with zero attached hydrogens (tertiary/aromatic N) is 1. The molecule has 0 unspecified atom stereocenters. The van der Waals surface area contributed by atoms with Crippen molar-refractivity contribution in [3.8, 4) is 0 Å². The van der Waals surface area contributed by atoms with Crippen molar-refractivity contribution in [3.05, 3.63) is 59.3 Å². The van der Waals surface area contributed by atoms with Gasteiger partial charge >= 0.3 is 12.1 Å². The molecule has 7 heteroatoms. The highest BCUT2D eigenvalue weighted by atomic mass is 32.2. The third kappa shape index (κ3) is 3.75. The van der Waals surface area contributed by atoms with Gasteiger partial charge in [0.15, 0.2) is 0 Å². The van der Waals surface area contributed by atoms with Crippen molar-refractivity contribution in [2.24, 2.45) is 0 Å². The highest BCUT2D eigenvalue weighted by Gasteiger charge is 2.37. The van der Waals surface area contributed by atoms with Gasteiger partial charge in [0, 0.05) is 11.9 Å². The second-order valence-corrected chi connectivity index (χ2v) is 5.08. The van der Waals surface area contributed by atoms with E-state index < -0.39 is 23.3 Å². The van der Waals surface area contributed by atoms with Crippen LogP contribution in [-0.2, 0) is 11.9 Å². The smallest absolute Gasteiger partial charge is 0.417 e. The van der Waals surface area contributed by atoms with Crippen molar-refractivity contribution in [1.82, 2.24) is 4.98 Å². The van der Waals surface area contributed by atoms with Gasteiger partial charge in [-0.25, -0.2) is 9.78 Å². The number of thioether (sulfide) groups is 1. The fraction of sp³-hybridized carbons (Fsp3) is 0.143. The van der Waals surface area contributed by atoms with Crippen LogP contribution < -0.4 is 0 Å². The van der Waals surface area contributed by atoms with Gasteiger partial charge in [0.05, 0.1) is 5.56 Å². The molecule has 2 rings (SSSR count). The van der Waals surface area contributed by atoms with Gasteiger partial charge in [-0.15, -0.1) is 11.8 Å². The predicted molar refractivity (Wildman–Crippen MR) is 72.2 cm³/mol. The maximum absolute atomic E-state index is 12.9. The topological polar surface area (TPSA) is 50.2 Å². The number of pyridine rings is 1. The van der Waals surface area contributed by atoms with E-state index in [2.05, 4.69) is 4.98 Å². The normalized spacial score (nSPS) is 11.4. The molecular weight excluding hydrogens is 303 g/mol. The van der Waals surface area contributed by atoms with E-state index in [-0.39, 0.29) is 5.03 Å². The number of carbonyl (C=O) groups is 1. The molecule has 0 aliphatic heterocycles. The number of aromatic nitrogens is 1. The second kappa shape index (κ2) is 6.17. The lowest BCUT2D eigenvalue weighted by molar-refractivity contribution is -0.138. The van der Waals surface area contributed by atoms with E-state index in [1.807, 2.05) is 6.07 Å².